The van der Waals surface area contributed by atoms with Gasteiger partial charge >= 0.3 is 23.9 Å². The molecule has 0 spiro atoms. The van der Waals surface area contributed by atoms with E-state index in [9.17, 15) is 19.2 Å². The normalized spacial score (nSPS) is 10.7. The molecule has 196 valence electrons. The summed E-state index contributed by atoms with van der Waals surface area (Å²) in [5.41, 5.74) is 2.10. The highest BCUT2D eigenvalue weighted by Gasteiger charge is 2.23. The minimum absolute atomic E-state index is 0.0666. The van der Waals surface area contributed by atoms with E-state index < -0.39 is 29.3 Å². The fourth-order valence-electron chi connectivity index (χ4n) is 3.11. The SMILES string of the molecule is C=C(C)C(=O)OCCC(=O)Oc1ccc(C(C)(C)c2ccc(OC(=O)CCOC(=O)C(=C)C)cc2)cc1. The van der Waals surface area contributed by atoms with Crippen molar-refractivity contribution in [3.63, 3.8) is 0 Å². The predicted octanol–water partition coefficient (Wildman–Crippen LogP) is 4.84. The Bertz CT molecular complexity index is 1070. The number of ether oxygens (including phenoxy) is 4. The lowest BCUT2D eigenvalue weighted by molar-refractivity contribution is -0.144. The largest absolute Gasteiger partial charge is 0.462 e. The van der Waals surface area contributed by atoms with Crippen LogP contribution in [0.3, 0.4) is 0 Å². The summed E-state index contributed by atoms with van der Waals surface area (Å²) in [6, 6.07) is 14.3. The van der Waals surface area contributed by atoms with E-state index in [0.717, 1.165) is 11.1 Å². The molecule has 0 aliphatic carbocycles. The van der Waals surface area contributed by atoms with E-state index in [0.29, 0.717) is 11.5 Å². The van der Waals surface area contributed by atoms with Crippen LogP contribution < -0.4 is 9.47 Å². The number of carbonyl (C=O) groups excluding carboxylic acids is 4. The van der Waals surface area contributed by atoms with Gasteiger partial charge in [-0.3, -0.25) is 9.59 Å². The van der Waals surface area contributed by atoms with Crippen LogP contribution in [0.5, 0.6) is 11.5 Å². The molecule has 2 rings (SSSR count). The van der Waals surface area contributed by atoms with E-state index in [4.69, 9.17) is 18.9 Å². The molecule has 0 fully saturated rings. The van der Waals surface area contributed by atoms with E-state index in [-0.39, 0.29) is 37.2 Å². The van der Waals surface area contributed by atoms with Gasteiger partial charge in [0.05, 0.1) is 12.8 Å². The van der Waals surface area contributed by atoms with Gasteiger partial charge in [0.1, 0.15) is 24.7 Å². The Kier molecular flexibility index (Phi) is 10.4. The van der Waals surface area contributed by atoms with Gasteiger partial charge in [-0.15, -0.1) is 0 Å². The second-order valence-electron chi connectivity index (χ2n) is 8.95. The first kappa shape index (κ1) is 29.0. The molecule has 8 heteroatoms. The van der Waals surface area contributed by atoms with Crippen molar-refractivity contribution in [2.45, 2.75) is 46.0 Å². The van der Waals surface area contributed by atoms with Crippen molar-refractivity contribution in [1.29, 1.82) is 0 Å². The number of benzene rings is 2. The molecule has 2 aromatic carbocycles. The minimum atomic E-state index is -0.549. The second-order valence-corrected chi connectivity index (χ2v) is 8.95. The number of carbonyl (C=O) groups is 4. The average Bonchev–Trinajstić information content (AvgIpc) is 2.84. The maximum absolute atomic E-state index is 12.0. The van der Waals surface area contributed by atoms with Crippen LogP contribution in [-0.4, -0.2) is 37.1 Å². The van der Waals surface area contributed by atoms with Gasteiger partial charge in [-0.2, -0.15) is 0 Å². The molecule has 0 saturated carbocycles. The molecule has 2 aromatic rings. The summed E-state index contributed by atoms with van der Waals surface area (Å²) >= 11 is 0. The van der Waals surface area contributed by atoms with Gasteiger partial charge in [0.15, 0.2) is 0 Å². The predicted molar refractivity (Wildman–Crippen MR) is 137 cm³/mol. The standard InChI is InChI=1S/C29H32O8/c1-19(2)27(32)34-17-15-25(30)36-23-11-7-21(8-12-23)29(5,6)22-9-13-24(14-10-22)37-26(31)16-18-35-28(33)20(3)4/h7-14H,1,3,15-18H2,2,4-6H3. The molecular formula is C29H32O8. The van der Waals surface area contributed by atoms with E-state index in [2.05, 4.69) is 13.2 Å². The molecule has 0 aliphatic rings. The lowest BCUT2D eigenvalue weighted by atomic mass is 9.78. The van der Waals surface area contributed by atoms with Crippen LogP contribution in [0.15, 0.2) is 72.8 Å². The van der Waals surface area contributed by atoms with Crippen molar-refractivity contribution in [3.8, 4) is 11.5 Å². The zero-order valence-corrected chi connectivity index (χ0v) is 21.6. The highest BCUT2D eigenvalue weighted by molar-refractivity contribution is 5.87. The van der Waals surface area contributed by atoms with E-state index in [1.807, 2.05) is 38.1 Å². The first-order valence-corrected chi connectivity index (χ1v) is 11.7. The Morgan fingerprint density at radius 1 is 0.649 bits per heavy atom. The van der Waals surface area contributed by atoms with Crippen molar-refractivity contribution in [1.82, 2.24) is 0 Å². The molecular weight excluding hydrogens is 476 g/mol. The highest BCUT2D eigenvalue weighted by Crippen LogP contribution is 2.33. The van der Waals surface area contributed by atoms with Gasteiger partial charge in [0, 0.05) is 16.6 Å². The van der Waals surface area contributed by atoms with Crippen molar-refractivity contribution >= 4 is 23.9 Å². The molecule has 0 bridgehead atoms. The van der Waals surface area contributed by atoms with Gasteiger partial charge in [-0.25, -0.2) is 9.59 Å². The lowest BCUT2D eigenvalue weighted by Crippen LogP contribution is -2.19. The smallest absolute Gasteiger partial charge is 0.333 e. The monoisotopic (exact) mass is 508 g/mol. The molecule has 8 nitrogen and oxygen atoms in total. The Morgan fingerprint density at radius 2 is 0.973 bits per heavy atom. The van der Waals surface area contributed by atoms with E-state index in [1.54, 1.807) is 24.3 Å². The van der Waals surface area contributed by atoms with Crippen LogP contribution in [-0.2, 0) is 34.1 Å². The maximum Gasteiger partial charge on any atom is 0.333 e. The first-order valence-electron chi connectivity index (χ1n) is 11.7. The molecule has 0 unspecified atom stereocenters. The summed E-state index contributed by atoms with van der Waals surface area (Å²) in [6.45, 7) is 13.9. The van der Waals surface area contributed by atoms with Crippen LogP contribution in [0.4, 0.5) is 0 Å². The molecule has 0 heterocycles. The average molecular weight is 509 g/mol. The van der Waals surface area contributed by atoms with Crippen LogP contribution >= 0.6 is 0 Å². The Balaban J connectivity index is 1.91. The third kappa shape index (κ3) is 9.07. The summed E-state index contributed by atoms with van der Waals surface area (Å²) in [7, 11) is 0. The molecule has 0 saturated heterocycles. The number of esters is 4. The zero-order chi connectivity index (χ0) is 27.6. The van der Waals surface area contributed by atoms with Gasteiger partial charge in [0.25, 0.3) is 0 Å². The van der Waals surface area contributed by atoms with Crippen molar-refractivity contribution in [3.05, 3.63) is 84.0 Å². The Morgan fingerprint density at radius 3 is 1.27 bits per heavy atom. The summed E-state index contributed by atoms with van der Waals surface area (Å²) in [6.07, 6.45) is -0.133. The van der Waals surface area contributed by atoms with Gasteiger partial charge in [-0.1, -0.05) is 51.3 Å². The number of rotatable bonds is 12. The van der Waals surface area contributed by atoms with Crippen LogP contribution in [0.25, 0.3) is 0 Å². The topological polar surface area (TPSA) is 105 Å². The first-order chi connectivity index (χ1) is 17.4. The third-order valence-corrected chi connectivity index (χ3v) is 5.39. The van der Waals surface area contributed by atoms with Crippen molar-refractivity contribution < 1.29 is 38.1 Å². The molecule has 0 radical (unpaired) electrons. The minimum Gasteiger partial charge on any atom is -0.462 e. The lowest BCUT2D eigenvalue weighted by Gasteiger charge is -2.26. The van der Waals surface area contributed by atoms with Gasteiger partial charge < -0.3 is 18.9 Å². The summed E-state index contributed by atoms with van der Waals surface area (Å²) in [4.78, 5) is 46.7. The molecule has 0 aromatic heterocycles. The molecule has 0 aliphatic heterocycles. The maximum atomic E-state index is 12.0. The number of hydrogen-bond acceptors (Lipinski definition) is 8. The fourth-order valence-corrected chi connectivity index (χ4v) is 3.11. The molecule has 37 heavy (non-hydrogen) atoms. The van der Waals surface area contributed by atoms with Crippen LogP contribution in [0.1, 0.15) is 51.7 Å². The fraction of sp³-hybridized carbons (Fsp3) is 0.310. The molecule has 0 atom stereocenters. The summed E-state index contributed by atoms with van der Waals surface area (Å²) < 4.78 is 20.4. The molecule has 0 N–H and O–H groups in total. The van der Waals surface area contributed by atoms with Gasteiger partial charge in [-0.05, 0) is 49.2 Å². The van der Waals surface area contributed by atoms with E-state index in [1.165, 1.54) is 13.8 Å². The molecule has 0 amide bonds. The van der Waals surface area contributed by atoms with E-state index >= 15 is 0 Å². The van der Waals surface area contributed by atoms with Gasteiger partial charge in [0.2, 0.25) is 0 Å². The highest BCUT2D eigenvalue weighted by atomic mass is 16.6. The summed E-state index contributed by atoms with van der Waals surface area (Å²) in [5, 5.41) is 0. The Hall–Kier alpha value is -4.20. The third-order valence-electron chi connectivity index (χ3n) is 5.39. The summed E-state index contributed by atoms with van der Waals surface area (Å²) in [5.74, 6) is -1.36. The van der Waals surface area contributed by atoms with Crippen molar-refractivity contribution in [2.75, 3.05) is 13.2 Å². The number of hydrogen-bond donors (Lipinski definition) is 0. The second kappa shape index (κ2) is 13.2. The van der Waals surface area contributed by atoms with Crippen LogP contribution in [0, 0.1) is 0 Å². The quantitative estimate of drug-likeness (QED) is 0.228. The van der Waals surface area contributed by atoms with Crippen molar-refractivity contribution in [2.24, 2.45) is 0 Å². The van der Waals surface area contributed by atoms with Crippen LogP contribution in [0.2, 0.25) is 0 Å². The Labute approximate surface area is 216 Å². The zero-order valence-electron chi connectivity index (χ0n) is 21.6.